The fourth-order valence-electron chi connectivity index (χ4n) is 1.67. The van der Waals surface area contributed by atoms with Crippen molar-refractivity contribution in [1.82, 2.24) is 0 Å². The first-order valence-corrected chi connectivity index (χ1v) is 7.45. The lowest BCUT2D eigenvalue weighted by atomic mass is 10.3. The highest BCUT2D eigenvalue weighted by atomic mass is 79.9. The van der Waals surface area contributed by atoms with E-state index in [1.54, 1.807) is 30.3 Å². The van der Waals surface area contributed by atoms with E-state index in [1.807, 2.05) is 12.1 Å². The van der Waals surface area contributed by atoms with Crippen LogP contribution >= 0.6 is 27.5 Å². The number of nitrogens with two attached hydrogens (primary N) is 1. The standard InChI is InChI=1S/C15H14BrClN2O2/c16-11-9-10(17)5-6-13(11)19-15(20)7-8-21-14-4-2-1-3-12(14)18/h1-6,9H,7-8,18H2,(H,19,20). The van der Waals surface area contributed by atoms with Gasteiger partial charge < -0.3 is 15.8 Å². The summed E-state index contributed by atoms with van der Waals surface area (Å²) in [5, 5.41) is 3.38. The predicted molar refractivity (Wildman–Crippen MR) is 88.7 cm³/mol. The van der Waals surface area contributed by atoms with Gasteiger partial charge in [0.1, 0.15) is 5.75 Å². The van der Waals surface area contributed by atoms with Gasteiger partial charge >= 0.3 is 0 Å². The number of ether oxygens (including phenoxy) is 1. The second-order valence-corrected chi connectivity index (χ2v) is 5.60. The monoisotopic (exact) mass is 368 g/mol. The predicted octanol–water partition coefficient (Wildman–Crippen LogP) is 4.09. The van der Waals surface area contributed by atoms with Gasteiger partial charge in [-0.1, -0.05) is 23.7 Å². The fourth-order valence-corrected chi connectivity index (χ4v) is 2.45. The number of nitrogens with one attached hydrogen (secondary N) is 1. The summed E-state index contributed by atoms with van der Waals surface area (Å²) in [6.45, 7) is 0.255. The summed E-state index contributed by atoms with van der Waals surface area (Å²) in [5.41, 5.74) is 6.97. The number of para-hydroxylation sites is 2. The van der Waals surface area contributed by atoms with Gasteiger partial charge in [0.2, 0.25) is 5.91 Å². The molecule has 6 heteroatoms. The zero-order valence-electron chi connectivity index (χ0n) is 11.1. The summed E-state index contributed by atoms with van der Waals surface area (Å²) < 4.78 is 6.21. The summed E-state index contributed by atoms with van der Waals surface area (Å²) in [4.78, 5) is 11.8. The molecule has 0 heterocycles. The Hall–Kier alpha value is -1.72. The normalized spacial score (nSPS) is 10.2. The molecule has 2 aromatic rings. The highest BCUT2D eigenvalue weighted by molar-refractivity contribution is 9.10. The van der Waals surface area contributed by atoms with E-state index in [2.05, 4.69) is 21.2 Å². The van der Waals surface area contributed by atoms with Crippen LogP contribution in [0.4, 0.5) is 11.4 Å². The highest BCUT2D eigenvalue weighted by Gasteiger charge is 2.07. The van der Waals surface area contributed by atoms with Crippen LogP contribution in [0, 0.1) is 0 Å². The topological polar surface area (TPSA) is 64.3 Å². The number of amides is 1. The number of carbonyl (C=O) groups excluding carboxylic acids is 1. The third-order valence-corrected chi connectivity index (χ3v) is 3.60. The van der Waals surface area contributed by atoms with Gasteiger partial charge in [-0.15, -0.1) is 0 Å². The molecule has 0 aliphatic carbocycles. The van der Waals surface area contributed by atoms with Crippen LogP contribution in [0.15, 0.2) is 46.9 Å². The second kappa shape index (κ2) is 7.33. The molecule has 0 aliphatic rings. The summed E-state index contributed by atoms with van der Waals surface area (Å²) in [6.07, 6.45) is 0.226. The Morgan fingerprint density at radius 2 is 2.05 bits per heavy atom. The first-order valence-electron chi connectivity index (χ1n) is 6.28. The second-order valence-electron chi connectivity index (χ2n) is 4.31. The smallest absolute Gasteiger partial charge is 0.227 e. The number of anilines is 2. The number of benzene rings is 2. The van der Waals surface area contributed by atoms with Gasteiger partial charge in [-0.05, 0) is 46.3 Å². The van der Waals surface area contributed by atoms with E-state index in [9.17, 15) is 4.79 Å². The van der Waals surface area contributed by atoms with E-state index in [0.717, 1.165) is 4.47 Å². The van der Waals surface area contributed by atoms with Crippen LogP contribution in [0.5, 0.6) is 5.75 Å². The molecule has 1 amide bonds. The van der Waals surface area contributed by atoms with Crippen LogP contribution in [-0.4, -0.2) is 12.5 Å². The molecule has 0 unspecified atom stereocenters. The van der Waals surface area contributed by atoms with E-state index in [4.69, 9.17) is 22.1 Å². The molecule has 0 saturated heterocycles. The number of rotatable bonds is 5. The van der Waals surface area contributed by atoms with Crippen molar-refractivity contribution in [3.05, 3.63) is 52.0 Å². The lowest BCUT2D eigenvalue weighted by molar-refractivity contribution is -0.116. The third-order valence-electron chi connectivity index (χ3n) is 2.71. The number of nitrogen functional groups attached to an aromatic ring is 1. The maximum Gasteiger partial charge on any atom is 0.227 e. The van der Waals surface area contributed by atoms with Crippen LogP contribution in [0.3, 0.4) is 0 Å². The fraction of sp³-hybridized carbons (Fsp3) is 0.133. The van der Waals surface area contributed by atoms with E-state index in [-0.39, 0.29) is 18.9 Å². The Morgan fingerprint density at radius 1 is 1.29 bits per heavy atom. The number of hydrogen-bond acceptors (Lipinski definition) is 3. The van der Waals surface area contributed by atoms with E-state index < -0.39 is 0 Å². The third kappa shape index (κ3) is 4.65. The van der Waals surface area contributed by atoms with E-state index >= 15 is 0 Å². The Balaban J connectivity index is 1.84. The number of carbonyl (C=O) groups is 1. The summed E-state index contributed by atoms with van der Waals surface area (Å²) >= 11 is 9.19. The summed E-state index contributed by atoms with van der Waals surface area (Å²) in [5.74, 6) is 0.436. The Kier molecular flexibility index (Phi) is 5.47. The van der Waals surface area contributed by atoms with E-state index in [0.29, 0.717) is 22.1 Å². The Morgan fingerprint density at radius 3 is 2.76 bits per heavy atom. The molecule has 0 saturated carbocycles. The zero-order valence-corrected chi connectivity index (χ0v) is 13.4. The first kappa shape index (κ1) is 15.7. The molecule has 0 radical (unpaired) electrons. The van der Waals surface area contributed by atoms with Crippen molar-refractivity contribution < 1.29 is 9.53 Å². The molecule has 110 valence electrons. The molecule has 3 N–H and O–H groups in total. The largest absolute Gasteiger partial charge is 0.491 e. The summed E-state index contributed by atoms with van der Waals surface area (Å²) in [6, 6.07) is 12.3. The van der Waals surface area contributed by atoms with Crippen molar-refractivity contribution in [2.24, 2.45) is 0 Å². The quantitative estimate of drug-likeness (QED) is 0.780. The van der Waals surface area contributed by atoms with Gasteiger partial charge in [0.15, 0.2) is 0 Å². The molecular formula is C15H14BrClN2O2. The van der Waals surface area contributed by atoms with Crippen molar-refractivity contribution in [3.8, 4) is 5.75 Å². The maximum atomic E-state index is 11.8. The van der Waals surface area contributed by atoms with Crippen molar-refractivity contribution in [1.29, 1.82) is 0 Å². The number of halogens is 2. The summed E-state index contributed by atoms with van der Waals surface area (Å²) in [7, 11) is 0. The molecule has 0 aliphatic heterocycles. The molecule has 0 spiro atoms. The number of hydrogen-bond donors (Lipinski definition) is 2. The van der Waals surface area contributed by atoms with Crippen molar-refractivity contribution in [2.75, 3.05) is 17.7 Å². The SMILES string of the molecule is Nc1ccccc1OCCC(=O)Nc1ccc(Cl)cc1Br. The zero-order chi connectivity index (χ0) is 15.2. The molecule has 0 atom stereocenters. The average molecular weight is 370 g/mol. The maximum absolute atomic E-state index is 11.8. The van der Waals surface area contributed by atoms with E-state index in [1.165, 1.54) is 0 Å². The lowest BCUT2D eigenvalue weighted by Gasteiger charge is -2.10. The minimum absolute atomic E-state index is 0.146. The molecule has 2 rings (SSSR count). The van der Waals surface area contributed by atoms with Crippen LogP contribution in [0.25, 0.3) is 0 Å². The van der Waals surface area contributed by atoms with Crippen LogP contribution in [0.2, 0.25) is 5.02 Å². The van der Waals surface area contributed by atoms with Gasteiger partial charge in [0.25, 0.3) is 0 Å². The minimum atomic E-state index is -0.146. The Bertz CT molecular complexity index is 649. The Labute approximate surface area is 136 Å². The molecule has 4 nitrogen and oxygen atoms in total. The van der Waals surface area contributed by atoms with Crippen LogP contribution in [0.1, 0.15) is 6.42 Å². The van der Waals surface area contributed by atoms with Gasteiger partial charge in [0, 0.05) is 9.50 Å². The highest BCUT2D eigenvalue weighted by Crippen LogP contribution is 2.26. The van der Waals surface area contributed by atoms with Crippen molar-refractivity contribution in [3.63, 3.8) is 0 Å². The molecule has 21 heavy (non-hydrogen) atoms. The van der Waals surface area contributed by atoms with Crippen LogP contribution < -0.4 is 15.8 Å². The van der Waals surface area contributed by atoms with Crippen molar-refractivity contribution >= 4 is 44.8 Å². The van der Waals surface area contributed by atoms with Crippen LogP contribution in [-0.2, 0) is 4.79 Å². The lowest BCUT2D eigenvalue weighted by Crippen LogP contribution is -2.15. The molecule has 0 aromatic heterocycles. The van der Waals surface area contributed by atoms with Gasteiger partial charge in [0.05, 0.1) is 24.4 Å². The minimum Gasteiger partial charge on any atom is -0.491 e. The first-order chi connectivity index (χ1) is 10.1. The molecule has 2 aromatic carbocycles. The molecule has 0 fully saturated rings. The molecular weight excluding hydrogens is 356 g/mol. The van der Waals surface area contributed by atoms with Crippen molar-refractivity contribution in [2.45, 2.75) is 6.42 Å². The van der Waals surface area contributed by atoms with Gasteiger partial charge in [-0.2, -0.15) is 0 Å². The van der Waals surface area contributed by atoms with Gasteiger partial charge in [-0.3, -0.25) is 4.79 Å². The molecule has 0 bridgehead atoms. The average Bonchev–Trinajstić information content (AvgIpc) is 2.44. The van der Waals surface area contributed by atoms with Gasteiger partial charge in [-0.25, -0.2) is 0 Å².